The lowest BCUT2D eigenvalue weighted by Crippen LogP contribution is -2.35. The van der Waals surface area contributed by atoms with E-state index < -0.39 is 0 Å². The van der Waals surface area contributed by atoms with Crippen LogP contribution in [-0.2, 0) is 11.3 Å². The van der Waals surface area contributed by atoms with Crippen molar-refractivity contribution >= 4 is 35.3 Å². The van der Waals surface area contributed by atoms with E-state index in [2.05, 4.69) is 27.0 Å². The maximum Gasteiger partial charge on any atom is 0.324 e. The highest BCUT2D eigenvalue weighted by molar-refractivity contribution is 7.99. The minimum atomic E-state index is -0.325. The third-order valence-electron chi connectivity index (χ3n) is 4.54. The number of halogens is 1. The van der Waals surface area contributed by atoms with E-state index in [1.807, 2.05) is 24.3 Å². The topological polar surface area (TPSA) is 80.1 Å². The molecule has 9 heteroatoms. The summed E-state index contributed by atoms with van der Waals surface area (Å²) in [6.45, 7) is 3.88. The summed E-state index contributed by atoms with van der Waals surface area (Å²) in [5, 5.41) is 12.7. The molecule has 1 N–H and O–H groups in total. The van der Waals surface area contributed by atoms with Gasteiger partial charge in [0.05, 0.1) is 5.75 Å². The number of thioether (sulfide) groups is 1. The molecule has 1 aromatic carbocycles. The first-order valence-electron chi connectivity index (χ1n) is 9.50. The van der Waals surface area contributed by atoms with Gasteiger partial charge in [0, 0.05) is 30.2 Å². The lowest BCUT2D eigenvalue weighted by molar-refractivity contribution is -0.124. The van der Waals surface area contributed by atoms with Gasteiger partial charge in [0.1, 0.15) is 0 Å². The van der Waals surface area contributed by atoms with Gasteiger partial charge in [0.2, 0.25) is 5.91 Å². The molecule has 3 amide bonds. The number of carbonyl (C=O) groups is 2. The fourth-order valence-electron chi connectivity index (χ4n) is 3.02. The number of nitrogens with zero attached hydrogens (tertiary/aromatic N) is 4. The van der Waals surface area contributed by atoms with Crippen molar-refractivity contribution in [3.05, 3.63) is 29.3 Å². The van der Waals surface area contributed by atoms with Crippen molar-refractivity contribution in [2.24, 2.45) is 0 Å². The van der Waals surface area contributed by atoms with Crippen LogP contribution in [0.15, 0.2) is 29.4 Å². The first-order valence-corrected chi connectivity index (χ1v) is 10.9. The molecule has 150 valence electrons. The molecule has 0 atom stereocenters. The molecule has 0 bridgehead atoms. The minimum Gasteiger partial charge on any atom is -0.336 e. The van der Waals surface area contributed by atoms with Crippen LogP contribution in [0, 0.1) is 0 Å². The molecule has 0 aliphatic carbocycles. The summed E-state index contributed by atoms with van der Waals surface area (Å²) in [5.74, 6) is 0.705. The van der Waals surface area contributed by atoms with Gasteiger partial charge in [0.15, 0.2) is 11.0 Å². The van der Waals surface area contributed by atoms with E-state index in [-0.39, 0.29) is 17.7 Å². The van der Waals surface area contributed by atoms with Gasteiger partial charge in [-0.15, -0.1) is 10.2 Å². The molecule has 0 saturated carbocycles. The molecule has 2 aromatic rings. The Morgan fingerprint density at radius 1 is 1.21 bits per heavy atom. The smallest absolute Gasteiger partial charge is 0.324 e. The van der Waals surface area contributed by atoms with Crippen molar-refractivity contribution in [3.8, 4) is 11.4 Å². The summed E-state index contributed by atoms with van der Waals surface area (Å²) in [7, 11) is 0. The zero-order valence-corrected chi connectivity index (χ0v) is 17.4. The van der Waals surface area contributed by atoms with Crippen LogP contribution in [0.5, 0.6) is 0 Å². The minimum absolute atomic E-state index is 0.154. The summed E-state index contributed by atoms with van der Waals surface area (Å²) < 4.78 is 2.06. The molecule has 1 aliphatic heterocycles. The third kappa shape index (κ3) is 5.05. The number of rotatable bonds is 9. The number of imide groups is 1. The molecule has 1 aromatic heterocycles. The number of hydrogen-bond donors (Lipinski definition) is 1. The zero-order valence-electron chi connectivity index (χ0n) is 15.9. The largest absolute Gasteiger partial charge is 0.336 e. The Morgan fingerprint density at radius 2 is 2.00 bits per heavy atom. The van der Waals surface area contributed by atoms with Gasteiger partial charge in [-0.1, -0.05) is 49.5 Å². The molecule has 7 nitrogen and oxygen atoms in total. The van der Waals surface area contributed by atoms with Gasteiger partial charge in [0.25, 0.3) is 0 Å². The molecule has 1 aliphatic rings. The van der Waals surface area contributed by atoms with Crippen molar-refractivity contribution in [1.82, 2.24) is 25.0 Å². The van der Waals surface area contributed by atoms with Crippen LogP contribution in [-0.4, -0.2) is 50.4 Å². The molecule has 1 fully saturated rings. The fraction of sp³-hybridized carbons (Fsp3) is 0.474. The molecular weight excluding hydrogens is 398 g/mol. The molecular formula is C19H24ClN5O2S. The summed E-state index contributed by atoms with van der Waals surface area (Å²) in [5.41, 5.74) is 0.935. The molecule has 0 spiro atoms. The Balaban J connectivity index is 1.74. The second kappa shape index (κ2) is 9.93. The number of hydrogen-bond acceptors (Lipinski definition) is 5. The summed E-state index contributed by atoms with van der Waals surface area (Å²) in [6, 6.07) is 7.17. The average Bonchev–Trinajstić information content (AvgIpc) is 3.30. The zero-order chi connectivity index (χ0) is 19.9. The Bertz CT molecular complexity index is 824. The van der Waals surface area contributed by atoms with Crippen molar-refractivity contribution in [3.63, 3.8) is 0 Å². The Labute approximate surface area is 173 Å². The second-order valence-electron chi connectivity index (χ2n) is 6.59. The monoisotopic (exact) mass is 421 g/mol. The fourth-order valence-corrected chi connectivity index (χ4v) is 3.99. The van der Waals surface area contributed by atoms with Crippen LogP contribution in [0.4, 0.5) is 4.79 Å². The Hall–Kier alpha value is -2.06. The molecule has 0 unspecified atom stereocenters. The maximum atomic E-state index is 12.3. The van der Waals surface area contributed by atoms with Crippen LogP contribution < -0.4 is 5.32 Å². The summed E-state index contributed by atoms with van der Waals surface area (Å²) >= 11 is 7.32. The van der Waals surface area contributed by atoms with E-state index in [1.54, 1.807) is 0 Å². The third-order valence-corrected chi connectivity index (χ3v) is 5.74. The van der Waals surface area contributed by atoms with Crippen molar-refractivity contribution < 1.29 is 9.59 Å². The Kier molecular flexibility index (Phi) is 7.33. The predicted molar refractivity (Wildman–Crippen MR) is 110 cm³/mol. The van der Waals surface area contributed by atoms with Crippen molar-refractivity contribution in [1.29, 1.82) is 0 Å². The van der Waals surface area contributed by atoms with Crippen LogP contribution in [0.1, 0.15) is 32.6 Å². The summed E-state index contributed by atoms with van der Waals surface area (Å²) in [6.07, 6.45) is 4.50. The van der Waals surface area contributed by atoms with Crippen LogP contribution >= 0.6 is 23.4 Å². The quantitative estimate of drug-likeness (QED) is 0.491. The number of nitrogens with one attached hydrogen (secondary N) is 1. The van der Waals surface area contributed by atoms with Gasteiger partial charge in [-0.3, -0.25) is 9.69 Å². The van der Waals surface area contributed by atoms with Gasteiger partial charge in [-0.05, 0) is 30.7 Å². The van der Waals surface area contributed by atoms with E-state index >= 15 is 0 Å². The van der Waals surface area contributed by atoms with E-state index in [9.17, 15) is 9.59 Å². The molecule has 28 heavy (non-hydrogen) atoms. The average molecular weight is 422 g/mol. The van der Waals surface area contributed by atoms with E-state index in [4.69, 9.17) is 11.6 Å². The first kappa shape index (κ1) is 20.7. The number of urea groups is 1. The summed E-state index contributed by atoms with van der Waals surface area (Å²) in [4.78, 5) is 25.2. The van der Waals surface area contributed by atoms with E-state index in [0.717, 1.165) is 30.8 Å². The van der Waals surface area contributed by atoms with Gasteiger partial charge < -0.3 is 9.88 Å². The highest BCUT2D eigenvalue weighted by Crippen LogP contribution is 2.26. The highest BCUT2D eigenvalue weighted by Gasteiger charge is 2.26. The van der Waals surface area contributed by atoms with Crippen molar-refractivity contribution in [2.75, 3.05) is 18.8 Å². The van der Waals surface area contributed by atoms with Crippen LogP contribution in [0.25, 0.3) is 11.4 Å². The van der Waals surface area contributed by atoms with E-state index in [1.165, 1.54) is 29.5 Å². The number of aromatic nitrogens is 3. The number of carbonyl (C=O) groups excluding carboxylic acids is 2. The molecule has 3 rings (SSSR count). The van der Waals surface area contributed by atoms with Crippen LogP contribution in [0.2, 0.25) is 5.02 Å². The second-order valence-corrected chi connectivity index (χ2v) is 7.97. The van der Waals surface area contributed by atoms with Gasteiger partial charge in [-0.25, -0.2) is 4.79 Å². The predicted octanol–water partition coefficient (Wildman–Crippen LogP) is 3.82. The molecule has 0 radical (unpaired) electrons. The standard InChI is InChI=1S/C19H24ClN5O2S/c1-2-3-4-5-11-25-17(14-6-8-15(20)9-7-14)22-23-19(25)28-13-16(26)24-12-10-21-18(24)27/h6-9H,2-5,10-13H2,1H3,(H,21,27). The number of unbranched alkanes of at least 4 members (excludes halogenated alkanes) is 3. The Morgan fingerprint density at radius 3 is 2.68 bits per heavy atom. The lowest BCUT2D eigenvalue weighted by Gasteiger charge is -2.13. The normalized spacial score (nSPS) is 13.8. The first-order chi connectivity index (χ1) is 13.6. The number of benzene rings is 1. The molecule has 2 heterocycles. The van der Waals surface area contributed by atoms with Crippen LogP contribution in [0.3, 0.4) is 0 Å². The lowest BCUT2D eigenvalue weighted by atomic mass is 10.2. The van der Waals surface area contributed by atoms with Gasteiger partial charge in [-0.2, -0.15) is 0 Å². The van der Waals surface area contributed by atoms with Crippen molar-refractivity contribution in [2.45, 2.75) is 44.3 Å². The number of amides is 3. The highest BCUT2D eigenvalue weighted by atomic mass is 35.5. The van der Waals surface area contributed by atoms with E-state index in [0.29, 0.717) is 23.3 Å². The SMILES string of the molecule is CCCCCCn1c(SCC(=O)N2CCNC2=O)nnc1-c1ccc(Cl)cc1. The maximum absolute atomic E-state index is 12.3. The van der Waals surface area contributed by atoms with Gasteiger partial charge >= 0.3 is 6.03 Å². The molecule has 1 saturated heterocycles.